The molecule has 4 nitrogen and oxygen atoms in total. The van der Waals surface area contributed by atoms with Gasteiger partial charge >= 0.3 is 0 Å². The molecule has 15 heavy (non-hydrogen) atoms. The lowest BCUT2D eigenvalue weighted by Gasteiger charge is -2.31. The monoisotopic (exact) mass is 204 g/mol. The number of hydrogen-bond acceptors (Lipinski definition) is 4. The summed E-state index contributed by atoms with van der Waals surface area (Å²) >= 11 is 0. The number of rotatable bonds is 1. The molecule has 0 radical (unpaired) electrons. The molecule has 0 amide bonds. The number of ether oxygens (including phenoxy) is 2. The van der Waals surface area contributed by atoms with E-state index in [2.05, 4.69) is 4.99 Å². The summed E-state index contributed by atoms with van der Waals surface area (Å²) in [5.41, 5.74) is 1.10. The second-order valence-electron chi connectivity index (χ2n) is 3.60. The molecule has 0 saturated carbocycles. The van der Waals surface area contributed by atoms with Gasteiger partial charge in [0, 0.05) is 12.1 Å². The van der Waals surface area contributed by atoms with Gasteiger partial charge < -0.3 is 14.4 Å². The van der Waals surface area contributed by atoms with E-state index in [9.17, 15) is 0 Å². The SMILES string of the molecule is C1=NCCN1C1OCc2ccccc2O1. The maximum absolute atomic E-state index is 5.73. The zero-order valence-corrected chi connectivity index (χ0v) is 8.30. The second-order valence-corrected chi connectivity index (χ2v) is 3.60. The van der Waals surface area contributed by atoms with E-state index in [1.807, 2.05) is 29.2 Å². The van der Waals surface area contributed by atoms with Crippen molar-refractivity contribution < 1.29 is 9.47 Å². The highest BCUT2D eigenvalue weighted by molar-refractivity contribution is 5.57. The molecule has 3 rings (SSSR count). The first-order valence-electron chi connectivity index (χ1n) is 5.05. The van der Waals surface area contributed by atoms with Gasteiger partial charge in [0.1, 0.15) is 5.75 Å². The average Bonchev–Trinajstić information content (AvgIpc) is 2.82. The Balaban J connectivity index is 1.79. The van der Waals surface area contributed by atoms with Crippen LogP contribution in [0.25, 0.3) is 0 Å². The highest BCUT2D eigenvalue weighted by Crippen LogP contribution is 2.26. The first-order valence-corrected chi connectivity index (χ1v) is 5.05. The van der Waals surface area contributed by atoms with Crippen LogP contribution in [0.1, 0.15) is 5.56 Å². The van der Waals surface area contributed by atoms with Crippen molar-refractivity contribution in [2.45, 2.75) is 13.0 Å². The van der Waals surface area contributed by atoms with Gasteiger partial charge in [0.15, 0.2) is 0 Å². The molecule has 0 bridgehead atoms. The fraction of sp³-hybridized carbons (Fsp3) is 0.364. The fourth-order valence-corrected chi connectivity index (χ4v) is 1.76. The van der Waals surface area contributed by atoms with Crippen LogP contribution in [0.15, 0.2) is 29.3 Å². The Bertz CT molecular complexity index is 392. The molecule has 0 fully saturated rings. The number of aliphatic imine (C=N–C) groups is 1. The normalized spacial score (nSPS) is 23.7. The molecule has 1 aromatic rings. The van der Waals surface area contributed by atoms with Gasteiger partial charge in [0.2, 0.25) is 0 Å². The van der Waals surface area contributed by atoms with Crippen LogP contribution in [0.2, 0.25) is 0 Å². The molecular formula is C11H12N2O2. The lowest BCUT2D eigenvalue weighted by Crippen LogP contribution is -2.41. The first-order chi connectivity index (χ1) is 7.43. The average molecular weight is 204 g/mol. The Labute approximate surface area is 88.1 Å². The van der Waals surface area contributed by atoms with Crippen molar-refractivity contribution in [2.24, 2.45) is 4.99 Å². The molecular weight excluding hydrogens is 192 g/mol. The van der Waals surface area contributed by atoms with Crippen molar-refractivity contribution in [2.75, 3.05) is 13.1 Å². The van der Waals surface area contributed by atoms with Crippen LogP contribution in [0.4, 0.5) is 0 Å². The van der Waals surface area contributed by atoms with Gasteiger partial charge in [0.25, 0.3) is 6.41 Å². The van der Waals surface area contributed by atoms with Crippen LogP contribution >= 0.6 is 0 Å². The molecule has 1 aromatic carbocycles. The molecule has 1 unspecified atom stereocenters. The molecule has 0 aliphatic carbocycles. The third kappa shape index (κ3) is 1.57. The van der Waals surface area contributed by atoms with Crippen molar-refractivity contribution >= 4 is 6.34 Å². The summed E-state index contributed by atoms with van der Waals surface area (Å²) in [4.78, 5) is 6.11. The Morgan fingerprint density at radius 3 is 3.13 bits per heavy atom. The standard InChI is InChI=1S/C11H12N2O2/c1-2-4-10-9(3-1)7-14-11(15-10)13-6-5-12-8-13/h1-4,8,11H,5-7H2. The van der Waals surface area contributed by atoms with Crippen molar-refractivity contribution in [1.82, 2.24) is 4.90 Å². The minimum Gasteiger partial charge on any atom is -0.446 e. The summed E-state index contributed by atoms with van der Waals surface area (Å²) in [6, 6.07) is 7.95. The van der Waals surface area contributed by atoms with E-state index in [4.69, 9.17) is 9.47 Å². The topological polar surface area (TPSA) is 34.1 Å². The van der Waals surface area contributed by atoms with E-state index >= 15 is 0 Å². The second kappa shape index (κ2) is 3.55. The van der Waals surface area contributed by atoms with Crippen LogP contribution in [-0.4, -0.2) is 30.7 Å². The van der Waals surface area contributed by atoms with Gasteiger partial charge in [-0.1, -0.05) is 18.2 Å². The minimum absolute atomic E-state index is 0.314. The molecule has 0 aromatic heterocycles. The predicted molar refractivity (Wildman–Crippen MR) is 55.7 cm³/mol. The van der Waals surface area contributed by atoms with Gasteiger partial charge in [-0.15, -0.1) is 0 Å². The van der Waals surface area contributed by atoms with Crippen molar-refractivity contribution in [1.29, 1.82) is 0 Å². The fourth-order valence-electron chi connectivity index (χ4n) is 1.76. The summed E-state index contributed by atoms with van der Waals surface area (Å²) in [7, 11) is 0. The smallest absolute Gasteiger partial charge is 0.285 e. The summed E-state index contributed by atoms with van der Waals surface area (Å²) in [5.74, 6) is 0.911. The Morgan fingerprint density at radius 1 is 1.33 bits per heavy atom. The molecule has 0 saturated heterocycles. The number of benzene rings is 1. The van der Waals surface area contributed by atoms with Crippen LogP contribution in [0, 0.1) is 0 Å². The van der Waals surface area contributed by atoms with E-state index in [1.54, 1.807) is 6.34 Å². The van der Waals surface area contributed by atoms with E-state index in [-0.39, 0.29) is 6.41 Å². The molecule has 78 valence electrons. The first kappa shape index (κ1) is 8.73. The van der Waals surface area contributed by atoms with Crippen molar-refractivity contribution in [3.05, 3.63) is 29.8 Å². The van der Waals surface area contributed by atoms with Crippen LogP contribution in [0.5, 0.6) is 5.75 Å². The Hall–Kier alpha value is -1.55. The molecule has 2 aliphatic rings. The number of hydrogen-bond donors (Lipinski definition) is 0. The van der Waals surface area contributed by atoms with Gasteiger partial charge in [0.05, 0.1) is 19.5 Å². The van der Waals surface area contributed by atoms with Crippen LogP contribution in [0.3, 0.4) is 0 Å². The molecule has 2 aliphatic heterocycles. The Kier molecular flexibility index (Phi) is 2.07. The third-order valence-electron chi connectivity index (χ3n) is 2.57. The largest absolute Gasteiger partial charge is 0.446 e. The Morgan fingerprint density at radius 2 is 2.27 bits per heavy atom. The van der Waals surface area contributed by atoms with Crippen molar-refractivity contribution in [3.8, 4) is 5.75 Å². The lowest BCUT2D eigenvalue weighted by molar-refractivity contribution is -0.168. The van der Waals surface area contributed by atoms with E-state index in [0.717, 1.165) is 24.4 Å². The zero-order chi connectivity index (χ0) is 10.1. The van der Waals surface area contributed by atoms with Crippen molar-refractivity contribution in [3.63, 3.8) is 0 Å². The van der Waals surface area contributed by atoms with E-state index in [0.29, 0.717) is 6.61 Å². The van der Waals surface area contributed by atoms with Gasteiger partial charge in [-0.2, -0.15) is 0 Å². The predicted octanol–water partition coefficient (Wildman–Crippen LogP) is 1.22. The van der Waals surface area contributed by atoms with Gasteiger partial charge in [-0.25, -0.2) is 0 Å². The molecule has 1 atom stereocenters. The highest BCUT2D eigenvalue weighted by atomic mass is 16.7. The number of para-hydroxylation sites is 1. The summed E-state index contributed by atoms with van der Waals surface area (Å²) in [6.07, 6.45) is 1.48. The maximum atomic E-state index is 5.73. The lowest BCUT2D eigenvalue weighted by atomic mass is 10.2. The zero-order valence-electron chi connectivity index (χ0n) is 8.30. The number of nitrogens with zero attached hydrogens (tertiary/aromatic N) is 2. The molecule has 0 spiro atoms. The molecule has 0 N–H and O–H groups in total. The minimum atomic E-state index is -0.314. The summed E-state index contributed by atoms with van der Waals surface area (Å²) in [5, 5.41) is 0. The third-order valence-corrected chi connectivity index (χ3v) is 2.57. The summed E-state index contributed by atoms with van der Waals surface area (Å²) < 4.78 is 11.3. The van der Waals surface area contributed by atoms with Crippen LogP contribution in [-0.2, 0) is 11.3 Å². The van der Waals surface area contributed by atoms with Gasteiger partial charge in [-0.05, 0) is 6.07 Å². The quantitative estimate of drug-likeness (QED) is 0.689. The van der Waals surface area contributed by atoms with Gasteiger partial charge in [-0.3, -0.25) is 4.99 Å². The molecule has 2 heterocycles. The van der Waals surface area contributed by atoms with Crippen LogP contribution < -0.4 is 4.74 Å². The van der Waals surface area contributed by atoms with E-state index < -0.39 is 0 Å². The highest BCUT2D eigenvalue weighted by Gasteiger charge is 2.25. The molecule has 4 heteroatoms. The number of fused-ring (bicyclic) bond motifs is 1. The van der Waals surface area contributed by atoms with E-state index in [1.165, 1.54) is 0 Å². The maximum Gasteiger partial charge on any atom is 0.285 e. The summed E-state index contributed by atoms with van der Waals surface area (Å²) in [6.45, 7) is 2.29.